The van der Waals surface area contributed by atoms with Crippen LogP contribution >= 0.6 is 0 Å². The van der Waals surface area contributed by atoms with Crippen molar-refractivity contribution in [3.8, 4) is 0 Å². The van der Waals surface area contributed by atoms with Crippen LogP contribution in [-0.2, 0) is 6.54 Å². The highest BCUT2D eigenvalue weighted by molar-refractivity contribution is 5.78. The lowest BCUT2D eigenvalue weighted by Gasteiger charge is -2.31. The van der Waals surface area contributed by atoms with Gasteiger partial charge in [-0.2, -0.15) is 0 Å². The number of para-hydroxylation sites is 1. The molecule has 2 nitrogen and oxygen atoms in total. The third kappa shape index (κ3) is 10.1. The van der Waals surface area contributed by atoms with E-state index in [0.717, 1.165) is 17.8 Å². The number of aromatic nitrogens is 1. The molecule has 0 fully saturated rings. The molecule has 0 saturated carbocycles. The fourth-order valence-electron chi connectivity index (χ4n) is 2.22. The zero-order chi connectivity index (χ0) is 20.7. The monoisotopic (exact) mass is 368 g/mol. The van der Waals surface area contributed by atoms with Gasteiger partial charge < -0.3 is 0 Å². The molecular weight excluding hydrogens is 328 g/mol. The van der Waals surface area contributed by atoms with Gasteiger partial charge in [-0.1, -0.05) is 76.3 Å². The van der Waals surface area contributed by atoms with Gasteiger partial charge in [0.25, 0.3) is 0 Å². The molecule has 1 aliphatic carbocycles. The van der Waals surface area contributed by atoms with Crippen LogP contribution in [0.5, 0.6) is 0 Å². The highest BCUT2D eigenvalue weighted by Gasteiger charge is 2.17. The van der Waals surface area contributed by atoms with Gasteiger partial charge in [-0.15, -0.1) is 0 Å². The molecule has 2 aromatic rings. The van der Waals surface area contributed by atoms with Crippen molar-refractivity contribution in [1.82, 2.24) is 9.88 Å². The first kappa shape index (κ1) is 25.1. The van der Waals surface area contributed by atoms with E-state index in [-0.39, 0.29) is 5.54 Å². The quantitative estimate of drug-likeness (QED) is 0.548. The molecule has 1 aromatic carbocycles. The van der Waals surface area contributed by atoms with E-state index >= 15 is 0 Å². The van der Waals surface area contributed by atoms with Crippen molar-refractivity contribution in [1.29, 1.82) is 0 Å². The lowest BCUT2D eigenvalue weighted by Crippen LogP contribution is -2.37. The first-order chi connectivity index (χ1) is 13.0. The number of nitrogens with zero attached hydrogens (tertiary/aromatic N) is 2. The molecule has 0 N–H and O–H groups in total. The molecule has 3 rings (SSSR count). The third-order valence-electron chi connectivity index (χ3n) is 4.08. The minimum atomic E-state index is 0.174. The Morgan fingerprint density at radius 1 is 0.852 bits per heavy atom. The lowest BCUT2D eigenvalue weighted by atomic mass is 10.1. The Balaban J connectivity index is 0.000000563. The fourth-order valence-corrected chi connectivity index (χ4v) is 2.22. The summed E-state index contributed by atoms with van der Waals surface area (Å²) in [5, 5.41) is 1.20. The second kappa shape index (κ2) is 14.2. The Morgan fingerprint density at radius 3 is 1.89 bits per heavy atom. The summed E-state index contributed by atoms with van der Waals surface area (Å²) in [7, 11) is 2.14. The number of rotatable bonds is 2. The molecule has 1 aromatic heterocycles. The van der Waals surface area contributed by atoms with Gasteiger partial charge in [0, 0.05) is 17.5 Å². The molecule has 2 heteroatoms. The zero-order valence-electron chi connectivity index (χ0n) is 18.8. The first-order valence-electron chi connectivity index (χ1n) is 10.3. The van der Waals surface area contributed by atoms with Crippen LogP contribution in [0.25, 0.3) is 10.9 Å². The highest BCUT2D eigenvalue weighted by atomic mass is 15.2. The molecule has 0 saturated heterocycles. The molecule has 27 heavy (non-hydrogen) atoms. The Bertz CT molecular complexity index is 666. The Kier molecular flexibility index (Phi) is 13.2. The van der Waals surface area contributed by atoms with Crippen LogP contribution in [0.15, 0.2) is 60.7 Å². The molecule has 0 unspecified atom stereocenters. The molecule has 0 aliphatic heterocycles. The van der Waals surface area contributed by atoms with E-state index in [9.17, 15) is 0 Å². The van der Waals surface area contributed by atoms with Crippen molar-refractivity contribution >= 4 is 10.9 Å². The van der Waals surface area contributed by atoms with Gasteiger partial charge in [0.05, 0.1) is 11.2 Å². The molecule has 0 atom stereocenters. The van der Waals surface area contributed by atoms with Crippen molar-refractivity contribution in [3.63, 3.8) is 0 Å². The third-order valence-corrected chi connectivity index (χ3v) is 4.08. The number of hydrogen-bond acceptors (Lipinski definition) is 2. The average molecular weight is 369 g/mol. The summed E-state index contributed by atoms with van der Waals surface area (Å²) < 4.78 is 0. The first-order valence-corrected chi connectivity index (χ1v) is 10.3. The number of benzene rings is 1. The molecule has 1 aliphatic rings. The zero-order valence-corrected chi connectivity index (χ0v) is 18.8. The van der Waals surface area contributed by atoms with E-state index in [1.165, 1.54) is 18.2 Å². The van der Waals surface area contributed by atoms with E-state index in [1.54, 1.807) is 0 Å². The molecule has 0 radical (unpaired) electrons. The van der Waals surface area contributed by atoms with Crippen molar-refractivity contribution in [2.75, 3.05) is 7.05 Å². The van der Waals surface area contributed by atoms with Crippen LogP contribution in [0.2, 0.25) is 0 Å². The summed E-state index contributed by atoms with van der Waals surface area (Å²) in [5.74, 6) is 0. The maximum absolute atomic E-state index is 4.69. The Morgan fingerprint density at radius 2 is 1.41 bits per heavy atom. The van der Waals surface area contributed by atoms with Gasteiger partial charge in [-0.05, 0) is 52.8 Å². The van der Waals surface area contributed by atoms with E-state index in [2.05, 4.69) is 86.3 Å². The van der Waals surface area contributed by atoms with Gasteiger partial charge in [-0.25, -0.2) is 0 Å². The van der Waals surface area contributed by atoms with Crippen LogP contribution in [-0.4, -0.2) is 22.5 Å². The largest absolute Gasteiger partial charge is 0.296 e. The molecule has 0 amide bonds. The Labute approximate surface area is 168 Å². The van der Waals surface area contributed by atoms with Crippen LogP contribution in [0.3, 0.4) is 0 Å². The normalized spacial score (nSPS) is 12.3. The van der Waals surface area contributed by atoms with Crippen molar-refractivity contribution in [2.24, 2.45) is 0 Å². The van der Waals surface area contributed by atoms with E-state index in [4.69, 9.17) is 0 Å². The van der Waals surface area contributed by atoms with Crippen LogP contribution in [0.1, 0.15) is 67.0 Å². The minimum absolute atomic E-state index is 0.174. The van der Waals surface area contributed by atoms with E-state index in [0.29, 0.717) is 0 Å². The summed E-state index contributed by atoms with van der Waals surface area (Å²) in [4.78, 5) is 7.00. The molecule has 1 heterocycles. The molecule has 150 valence electrons. The minimum Gasteiger partial charge on any atom is -0.296 e. The maximum Gasteiger partial charge on any atom is 0.0705 e. The van der Waals surface area contributed by atoms with Gasteiger partial charge in [-0.3, -0.25) is 9.88 Å². The van der Waals surface area contributed by atoms with Crippen LogP contribution < -0.4 is 0 Å². The van der Waals surface area contributed by atoms with Crippen molar-refractivity contribution < 1.29 is 0 Å². The van der Waals surface area contributed by atoms with Crippen LogP contribution in [0.4, 0.5) is 0 Å². The van der Waals surface area contributed by atoms with Gasteiger partial charge >= 0.3 is 0 Å². The van der Waals surface area contributed by atoms with Crippen molar-refractivity contribution in [3.05, 3.63) is 66.4 Å². The summed E-state index contributed by atoms with van der Waals surface area (Å²) in [6, 6.07) is 12.5. The number of pyridine rings is 1. The standard InChI is InChI=1S/C15H20N2.C6H8.2C2H6/c1-15(2,3)17(4)11-13-10-9-12-7-5-6-8-14(12)16-13;1-2-4-6-5-3-1;2*1-2/h5-10H,11H2,1-4H3;1-4H,5-6H2;2*1-2H3. The van der Waals surface area contributed by atoms with Gasteiger partial charge in [0.1, 0.15) is 0 Å². The SMILES string of the molecule is C1=CCCC=C1.CC.CC.CN(Cc1ccc2ccccc2n1)C(C)(C)C. The topological polar surface area (TPSA) is 16.1 Å². The average Bonchev–Trinajstić information content (AvgIpc) is 2.72. The molecule has 0 bridgehead atoms. The number of allylic oxidation sites excluding steroid dienone is 4. The Hall–Kier alpha value is -1.93. The van der Waals surface area contributed by atoms with E-state index < -0.39 is 0 Å². The predicted octanol–water partition coefficient (Wildman–Crippen LogP) is 7.41. The second-order valence-corrected chi connectivity index (χ2v) is 6.96. The van der Waals surface area contributed by atoms with Crippen molar-refractivity contribution in [2.45, 2.75) is 73.4 Å². The summed E-state index contributed by atoms with van der Waals surface area (Å²) >= 11 is 0. The van der Waals surface area contributed by atoms with Gasteiger partial charge in [0.2, 0.25) is 0 Å². The highest BCUT2D eigenvalue weighted by Crippen LogP contribution is 2.16. The predicted molar refractivity (Wildman–Crippen MR) is 123 cm³/mol. The fraction of sp³-hybridized carbons (Fsp3) is 0.480. The van der Waals surface area contributed by atoms with E-state index in [1.807, 2.05) is 39.8 Å². The van der Waals surface area contributed by atoms with Crippen LogP contribution in [0, 0.1) is 0 Å². The summed E-state index contributed by atoms with van der Waals surface area (Å²) in [6.07, 6.45) is 11.0. The maximum atomic E-state index is 4.69. The number of hydrogen-bond donors (Lipinski definition) is 0. The molecule has 0 spiro atoms. The summed E-state index contributed by atoms with van der Waals surface area (Å²) in [5.41, 5.74) is 2.38. The smallest absolute Gasteiger partial charge is 0.0705 e. The lowest BCUT2D eigenvalue weighted by molar-refractivity contribution is 0.165. The summed E-state index contributed by atoms with van der Waals surface area (Å²) in [6.45, 7) is 15.5. The van der Waals surface area contributed by atoms with Gasteiger partial charge in [0.15, 0.2) is 0 Å². The molecular formula is C25H40N2. The number of fused-ring (bicyclic) bond motifs is 1. The second-order valence-electron chi connectivity index (χ2n) is 6.96.